The first-order valence-electron chi connectivity index (χ1n) is 5.71. The van der Waals surface area contributed by atoms with E-state index in [9.17, 15) is 9.18 Å². The van der Waals surface area contributed by atoms with Crippen LogP contribution in [0.2, 0.25) is 5.02 Å². The number of amides is 1. The maximum atomic E-state index is 13.6. The quantitative estimate of drug-likeness (QED) is 0.533. The third-order valence-corrected chi connectivity index (χ3v) is 2.98. The van der Waals surface area contributed by atoms with Gasteiger partial charge in [-0.1, -0.05) is 11.6 Å². The number of rotatable bonds is 3. The van der Waals surface area contributed by atoms with Crippen molar-refractivity contribution in [2.75, 3.05) is 12.1 Å². The second-order valence-corrected chi connectivity index (χ2v) is 4.44. The standard InChI is InChI=1S/C14H12ClFN2O2.ClH/c1-20-13-7-6-11(8-12(13)16)18(17)14(19)9-2-4-10(15)5-3-9;/h2-8H,17H2,1H3;1H. The molecule has 0 heterocycles. The van der Waals surface area contributed by atoms with E-state index < -0.39 is 11.7 Å². The van der Waals surface area contributed by atoms with Gasteiger partial charge >= 0.3 is 0 Å². The van der Waals surface area contributed by atoms with Crippen LogP contribution < -0.4 is 15.6 Å². The van der Waals surface area contributed by atoms with E-state index in [1.165, 1.54) is 19.2 Å². The molecule has 0 bridgehead atoms. The largest absolute Gasteiger partial charge is 0.494 e. The molecule has 2 N–H and O–H groups in total. The molecule has 0 fully saturated rings. The summed E-state index contributed by atoms with van der Waals surface area (Å²) in [6.07, 6.45) is 0. The summed E-state index contributed by atoms with van der Waals surface area (Å²) in [6.45, 7) is 0. The molecule has 21 heavy (non-hydrogen) atoms. The molecule has 1 amide bonds. The van der Waals surface area contributed by atoms with Crippen LogP contribution in [0.1, 0.15) is 10.4 Å². The van der Waals surface area contributed by atoms with Gasteiger partial charge in [0.1, 0.15) is 0 Å². The minimum absolute atomic E-state index is 0. The second kappa shape index (κ2) is 7.26. The van der Waals surface area contributed by atoms with Crippen molar-refractivity contribution in [2.24, 2.45) is 5.84 Å². The molecule has 4 nitrogen and oxygen atoms in total. The Hall–Kier alpha value is -1.82. The number of hydrogen-bond donors (Lipinski definition) is 1. The first kappa shape index (κ1) is 17.2. The molecule has 2 rings (SSSR count). The van der Waals surface area contributed by atoms with Crippen molar-refractivity contribution in [3.8, 4) is 5.75 Å². The molecule has 0 spiro atoms. The van der Waals surface area contributed by atoms with Crippen molar-refractivity contribution in [3.63, 3.8) is 0 Å². The molecule has 0 radical (unpaired) electrons. The summed E-state index contributed by atoms with van der Waals surface area (Å²) in [7, 11) is 1.36. The predicted octanol–water partition coefficient (Wildman–Crippen LogP) is 3.43. The van der Waals surface area contributed by atoms with Crippen molar-refractivity contribution in [1.82, 2.24) is 0 Å². The van der Waals surface area contributed by atoms with Gasteiger partial charge in [0.15, 0.2) is 11.6 Å². The van der Waals surface area contributed by atoms with Crippen LogP contribution in [0.3, 0.4) is 0 Å². The van der Waals surface area contributed by atoms with E-state index in [1.54, 1.807) is 24.3 Å². The maximum Gasteiger partial charge on any atom is 0.272 e. The molecule has 2 aromatic rings. The first-order chi connectivity index (χ1) is 9.52. The fourth-order valence-corrected chi connectivity index (χ4v) is 1.78. The van der Waals surface area contributed by atoms with Crippen LogP contribution in [-0.2, 0) is 0 Å². The zero-order chi connectivity index (χ0) is 14.7. The number of hydrazine groups is 1. The van der Waals surface area contributed by atoms with Gasteiger partial charge in [-0.05, 0) is 36.4 Å². The second-order valence-electron chi connectivity index (χ2n) is 4.00. The third kappa shape index (κ3) is 3.85. The number of halogens is 3. The van der Waals surface area contributed by atoms with Gasteiger partial charge in [-0.2, -0.15) is 0 Å². The predicted molar refractivity (Wildman–Crippen MR) is 82.6 cm³/mol. The molecule has 2 aromatic carbocycles. The van der Waals surface area contributed by atoms with Crippen LogP contribution in [-0.4, -0.2) is 13.0 Å². The highest BCUT2D eigenvalue weighted by Gasteiger charge is 2.16. The summed E-state index contributed by atoms with van der Waals surface area (Å²) in [5, 5.41) is 1.38. The fraction of sp³-hybridized carbons (Fsp3) is 0.0714. The van der Waals surface area contributed by atoms with Gasteiger partial charge in [0, 0.05) is 16.7 Å². The van der Waals surface area contributed by atoms with E-state index in [1.807, 2.05) is 0 Å². The summed E-state index contributed by atoms with van der Waals surface area (Å²) in [5.41, 5.74) is 0.580. The summed E-state index contributed by atoms with van der Waals surface area (Å²) in [5.74, 6) is 4.74. The number of methoxy groups -OCH3 is 1. The summed E-state index contributed by atoms with van der Waals surface area (Å²) < 4.78 is 18.4. The highest BCUT2D eigenvalue weighted by atomic mass is 35.5. The number of hydrogen-bond acceptors (Lipinski definition) is 3. The Balaban J connectivity index is 0.00000220. The number of benzene rings is 2. The van der Waals surface area contributed by atoms with Crippen molar-refractivity contribution in [1.29, 1.82) is 0 Å². The highest BCUT2D eigenvalue weighted by Crippen LogP contribution is 2.23. The molecule has 0 saturated carbocycles. The number of nitrogens with zero attached hydrogens (tertiary/aromatic N) is 1. The molecule has 0 aliphatic rings. The van der Waals surface area contributed by atoms with Gasteiger partial charge in [0.25, 0.3) is 5.91 Å². The molecule has 0 aliphatic heterocycles. The average molecular weight is 331 g/mol. The lowest BCUT2D eigenvalue weighted by Crippen LogP contribution is -2.37. The summed E-state index contributed by atoms with van der Waals surface area (Å²) >= 11 is 5.75. The van der Waals surface area contributed by atoms with E-state index >= 15 is 0 Å². The van der Waals surface area contributed by atoms with Gasteiger partial charge in [0.05, 0.1) is 12.8 Å². The molecular weight excluding hydrogens is 318 g/mol. The summed E-state index contributed by atoms with van der Waals surface area (Å²) in [6, 6.07) is 10.3. The Morgan fingerprint density at radius 3 is 2.38 bits per heavy atom. The Bertz CT molecular complexity index is 635. The van der Waals surface area contributed by atoms with E-state index in [0.717, 1.165) is 11.1 Å². The molecule has 0 saturated heterocycles. The Kier molecular flexibility index (Phi) is 5.96. The molecule has 0 aromatic heterocycles. The van der Waals surface area contributed by atoms with Gasteiger partial charge in [-0.15, -0.1) is 12.4 Å². The highest BCUT2D eigenvalue weighted by molar-refractivity contribution is 6.30. The minimum atomic E-state index is -0.593. The topological polar surface area (TPSA) is 55.6 Å². The van der Waals surface area contributed by atoms with Crippen LogP contribution >= 0.6 is 24.0 Å². The number of ether oxygens (including phenoxy) is 1. The fourth-order valence-electron chi connectivity index (χ4n) is 1.65. The van der Waals surface area contributed by atoms with Crippen molar-refractivity contribution in [3.05, 3.63) is 58.9 Å². The Morgan fingerprint density at radius 2 is 1.86 bits per heavy atom. The zero-order valence-electron chi connectivity index (χ0n) is 11.0. The van der Waals surface area contributed by atoms with Crippen LogP contribution in [0.4, 0.5) is 10.1 Å². The zero-order valence-corrected chi connectivity index (χ0v) is 12.6. The maximum absolute atomic E-state index is 13.6. The van der Waals surface area contributed by atoms with Crippen molar-refractivity contribution >= 4 is 35.6 Å². The van der Waals surface area contributed by atoms with Gasteiger partial charge in [-0.25, -0.2) is 15.2 Å². The van der Waals surface area contributed by atoms with E-state index in [0.29, 0.717) is 10.6 Å². The van der Waals surface area contributed by atoms with Crippen molar-refractivity contribution < 1.29 is 13.9 Å². The lowest BCUT2D eigenvalue weighted by Gasteiger charge is -2.17. The molecule has 0 aliphatic carbocycles. The molecular formula is C14H13Cl2FN2O2. The first-order valence-corrected chi connectivity index (χ1v) is 6.09. The number of carbonyl (C=O) groups excluding carboxylic acids is 1. The number of nitrogens with two attached hydrogens (primary N) is 1. The third-order valence-electron chi connectivity index (χ3n) is 2.72. The van der Waals surface area contributed by atoms with Crippen molar-refractivity contribution in [2.45, 2.75) is 0 Å². The van der Waals surface area contributed by atoms with Crippen LogP contribution in [0.15, 0.2) is 42.5 Å². The molecule has 7 heteroatoms. The number of anilines is 1. The molecule has 112 valence electrons. The van der Waals surface area contributed by atoms with Gasteiger partial charge < -0.3 is 4.74 Å². The number of carbonyl (C=O) groups is 1. The van der Waals surface area contributed by atoms with Crippen LogP contribution in [0.5, 0.6) is 5.75 Å². The van der Waals surface area contributed by atoms with E-state index in [2.05, 4.69) is 0 Å². The summed E-state index contributed by atoms with van der Waals surface area (Å²) in [4.78, 5) is 12.1. The molecule has 0 atom stereocenters. The van der Waals surface area contributed by atoms with E-state index in [-0.39, 0.29) is 23.8 Å². The Labute approximate surface area is 132 Å². The minimum Gasteiger partial charge on any atom is -0.494 e. The lowest BCUT2D eigenvalue weighted by atomic mass is 10.2. The van der Waals surface area contributed by atoms with Crippen LogP contribution in [0, 0.1) is 5.82 Å². The monoisotopic (exact) mass is 330 g/mol. The van der Waals surface area contributed by atoms with Gasteiger partial charge in [0.2, 0.25) is 0 Å². The Morgan fingerprint density at radius 1 is 1.24 bits per heavy atom. The lowest BCUT2D eigenvalue weighted by molar-refractivity contribution is 0.0987. The SMILES string of the molecule is COc1ccc(N(N)C(=O)c2ccc(Cl)cc2)cc1F.Cl. The van der Waals surface area contributed by atoms with E-state index in [4.69, 9.17) is 22.2 Å². The van der Waals surface area contributed by atoms with Gasteiger partial charge in [-0.3, -0.25) is 4.79 Å². The average Bonchev–Trinajstić information content (AvgIpc) is 2.46. The normalized spacial score (nSPS) is 9.71. The smallest absolute Gasteiger partial charge is 0.272 e. The van der Waals surface area contributed by atoms with Crippen LogP contribution in [0.25, 0.3) is 0 Å². The molecule has 0 unspecified atom stereocenters.